The molecule has 0 radical (unpaired) electrons. The number of aromatic carboxylic acids is 1. The third kappa shape index (κ3) is 4.79. The van der Waals surface area contributed by atoms with Crippen molar-refractivity contribution in [3.8, 4) is 5.75 Å². The van der Waals surface area contributed by atoms with E-state index < -0.39 is 5.97 Å². The molecule has 0 aliphatic carbocycles. The van der Waals surface area contributed by atoms with Crippen LogP contribution < -0.4 is 5.73 Å². The molecule has 0 aromatic heterocycles. The van der Waals surface area contributed by atoms with Gasteiger partial charge in [-0.3, -0.25) is 5.41 Å². The third-order valence-corrected chi connectivity index (χ3v) is 3.18. The van der Waals surface area contributed by atoms with E-state index in [0.29, 0.717) is 12.0 Å². The zero-order valence-electron chi connectivity index (χ0n) is 11.6. The minimum atomic E-state index is -0.991. The molecule has 0 amide bonds. The molecule has 20 heavy (non-hydrogen) atoms. The maximum Gasteiger partial charge on any atom is 0.335 e. The van der Waals surface area contributed by atoms with Gasteiger partial charge >= 0.3 is 5.97 Å². The van der Waals surface area contributed by atoms with Crippen LogP contribution >= 0.6 is 0 Å². The van der Waals surface area contributed by atoms with Gasteiger partial charge in [0.2, 0.25) is 0 Å². The number of benzene rings is 1. The molecular weight excluding hydrogens is 258 g/mol. The third-order valence-electron chi connectivity index (χ3n) is 3.18. The monoisotopic (exact) mass is 279 g/mol. The lowest BCUT2D eigenvalue weighted by Crippen LogP contribution is -2.33. The number of rotatable bonds is 7. The normalized spacial score (nSPS) is 10.2. The number of unbranched alkanes of at least 4 members (excludes halogenated alkanes) is 2. The summed E-state index contributed by atoms with van der Waals surface area (Å²) in [5, 5.41) is 25.8. The van der Waals surface area contributed by atoms with E-state index in [0.717, 1.165) is 25.8 Å². The van der Waals surface area contributed by atoms with Crippen molar-refractivity contribution in [1.82, 2.24) is 4.90 Å². The molecule has 110 valence electrons. The second-order valence-corrected chi connectivity index (χ2v) is 4.77. The highest BCUT2D eigenvalue weighted by molar-refractivity contribution is 5.88. The van der Waals surface area contributed by atoms with Crippen molar-refractivity contribution in [3.63, 3.8) is 0 Å². The number of carbonyl (C=O) groups is 1. The summed E-state index contributed by atoms with van der Waals surface area (Å²) in [4.78, 5) is 12.5. The molecule has 0 fully saturated rings. The van der Waals surface area contributed by atoms with Crippen LogP contribution in [-0.4, -0.2) is 40.6 Å². The SMILES string of the molecule is CN(CCCCCc1cc(C(=O)O)ccc1O)C(=N)N. The Kier molecular flexibility index (Phi) is 5.83. The van der Waals surface area contributed by atoms with Gasteiger partial charge in [-0.2, -0.15) is 0 Å². The Bertz CT molecular complexity index is 489. The molecule has 0 heterocycles. The van der Waals surface area contributed by atoms with Gasteiger partial charge in [-0.25, -0.2) is 4.79 Å². The Morgan fingerprint density at radius 2 is 2.05 bits per heavy atom. The lowest BCUT2D eigenvalue weighted by molar-refractivity contribution is 0.0696. The second kappa shape index (κ2) is 7.37. The molecule has 0 aliphatic heterocycles. The first-order chi connectivity index (χ1) is 9.41. The number of aryl methyl sites for hydroxylation is 1. The van der Waals surface area contributed by atoms with Gasteiger partial charge in [0.05, 0.1) is 5.56 Å². The van der Waals surface area contributed by atoms with Crippen molar-refractivity contribution >= 4 is 11.9 Å². The van der Waals surface area contributed by atoms with Crippen molar-refractivity contribution in [2.75, 3.05) is 13.6 Å². The molecule has 5 N–H and O–H groups in total. The Hall–Kier alpha value is -2.24. The zero-order chi connectivity index (χ0) is 15.1. The lowest BCUT2D eigenvalue weighted by Gasteiger charge is -2.16. The number of hydrogen-bond donors (Lipinski definition) is 4. The number of nitrogens with one attached hydrogen (secondary N) is 1. The van der Waals surface area contributed by atoms with E-state index in [1.807, 2.05) is 0 Å². The molecule has 6 heteroatoms. The topological polar surface area (TPSA) is 111 Å². The molecule has 0 saturated carbocycles. The maximum absolute atomic E-state index is 10.9. The van der Waals surface area contributed by atoms with Crippen LogP contribution in [0.4, 0.5) is 0 Å². The molecule has 1 rings (SSSR count). The molecule has 0 aliphatic rings. The smallest absolute Gasteiger partial charge is 0.335 e. The van der Waals surface area contributed by atoms with Crippen molar-refractivity contribution in [3.05, 3.63) is 29.3 Å². The van der Waals surface area contributed by atoms with Crippen LogP contribution in [0, 0.1) is 5.41 Å². The number of carboxylic acids is 1. The number of carboxylic acid groups (broad SMARTS) is 1. The summed E-state index contributed by atoms with van der Waals surface area (Å²) in [7, 11) is 1.77. The van der Waals surface area contributed by atoms with Gasteiger partial charge in [-0.05, 0) is 43.0 Å². The van der Waals surface area contributed by atoms with E-state index in [2.05, 4.69) is 0 Å². The number of hydrogen-bond acceptors (Lipinski definition) is 3. The summed E-state index contributed by atoms with van der Waals surface area (Å²) in [6.07, 6.45) is 3.31. The maximum atomic E-state index is 10.9. The first kappa shape index (κ1) is 15.8. The molecule has 0 spiro atoms. The fourth-order valence-electron chi connectivity index (χ4n) is 1.88. The molecule has 0 unspecified atom stereocenters. The zero-order valence-corrected chi connectivity index (χ0v) is 11.6. The Morgan fingerprint density at radius 1 is 1.35 bits per heavy atom. The molecule has 1 aromatic carbocycles. The van der Waals surface area contributed by atoms with Gasteiger partial charge in [0.15, 0.2) is 5.96 Å². The first-order valence-electron chi connectivity index (χ1n) is 6.52. The van der Waals surface area contributed by atoms with E-state index in [4.69, 9.17) is 16.2 Å². The van der Waals surface area contributed by atoms with E-state index in [9.17, 15) is 9.90 Å². The van der Waals surface area contributed by atoms with E-state index in [-0.39, 0.29) is 17.3 Å². The molecule has 6 nitrogen and oxygen atoms in total. The highest BCUT2D eigenvalue weighted by atomic mass is 16.4. The molecular formula is C14H21N3O3. The Labute approximate surface area is 118 Å². The van der Waals surface area contributed by atoms with Crippen LogP contribution in [0.25, 0.3) is 0 Å². The number of nitrogens with two attached hydrogens (primary N) is 1. The Balaban J connectivity index is 2.40. The van der Waals surface area contributed by atoms with E-state index in [1.54, 1.807) is 11.9 Å². The highest BCUT2D eigenvalue weighted by Gasteiger charge is 2.07. The minimum absolute atomic E-state index is 0.0526. The van der Waals surface area contributed by atoms with E-state index in [1.165, 1.54) is 18.2 Å². The average Bonchev–Trinajstić information content (AvgIpc) is 2.39. The van der Waals surface area contributed by atoms with Crippen molar-refractivity contribution in [2.24, 2.45) is 5.73 Å². The van der Waals surface area contributed by atoms with Gasteiger partial charge < -0.3 is 20.8 Å². The van der Waals surface area contributed by atoms with Crippen LogP contribution in [0.15, 0.2) is 18.2 Å². The average molecular weight is 279 g/mol. The van der Waals surface area contributed by atoms with Crippen molar-refractivity contribution in [2.45, 2.75) is 25.7 Å². The quantitative estimate of drug-likeness (QED) is 0.344. The van der Waals surface area contributed by atoms with Gasteiger partial charge in [0.25, 0.3) is 0 Å². The van der Waals surface area contributed by atoms with Crippen LogP contribution in [-0.2, 0) is 6.42 Å². The molecule has 0 atom stereocenters. The first-order valence-corrected chi connectivity index (χ1v) is 6.52. The second-order valence-electron chi connectivity index (χ2n) is 4.77. The lowest BCUT2D eigenvalue weighted by atomic mass is 10.0. The predicted octanol–water partition coefficient (Wildman–Crippen LogP) is 1.63. The summed E-state index contributed by atoms with van der Waals surface area (Å²) < 4.78 is 0. The van der Waals surface area contributed by atoms with Crippen molar-refractivity contribution < 1.29 is 15.0 Å². The minimum Gasteiger partial charge on any atom is -0.508 e. The van der Waals surface area contributed by atoms with Gasteiger partial charge in [0.1, 0.15) is 5.75 Å². The summed E-state index contributed by atoms with van der Waals surface area (Å²) in [5.74, 6) is -0.804. The number of aromatic hydroxyl groups is 1. The molecule has 0 bridgehead atoms. The number of phenolic OH excluding ortho intramolecular Hbond substituents is 1. The standard InChI is InChI=1S/C14H21N3O3/c1-17(14(15)16)8-4-2-3-5-10-9-11(13(19)20)6-7-12(10)18/h6-7,9,18H,2-5,8H2,1H3,(H3,15,16)(H,19,20). The fourth-order valence-corrected chi connectivity index (χ4v) is 1.88. The summed E-state index contributed by atoms with van der Waals surface area (Å²) in [5.41, 5.74) is 6.17. The Morgan fingerprint density at radius 3 is 2.65 bits per heavy atom. The predicted molar refractivity (Wildman–Crippen MR) is 77.2 cm³/mol. The molecule has 1 aromatic rings. The van der Waals surface area contributed by atoms with Crippen molar-refractivity contribution in [1.29, 1.82) is 5.41 Å². The van der Waals surface area contributed by atoms with Gasteiger partial charge in [-0.1, -0.05) is 6.42 Å². The highest BCUT2D eigenvalue weighted by Crippen LogP contribution is 2.21. The van der Waals surface area contributed by atoms with Crippen LogP contribution in [0.2, 0.25) is 0 Å². The number of nitrogens with zero attached hydrogens (tertiary/aromatic N) is 1. The van der Waals surface area contributed by atoms with Gasteiger partial charge in [-0.15, -0.1) is 0 Å². The number of phenols is 1. The summed E-state index contributed by atoms with van der Waals surface area (Å²) in [6.45, 7) is 0.719. The molecule has 0 saturated heterocycles. The van der Waals surface area contributed by atoms with Crippen LogP contribution in [0.3, 0.4) is 0 Å². The van der Waals surface area contributed by atoms with Gasteiger partial charge in [0, 0.05) is 13.6 Å². The fraction of sp³-hybridized carbons (Fsp3) is 0.429. The summed E-state index contributed by atoms with van der Waals surface area (Å²) >= 11 is 0. The van der Waals surface area contributed by atoms with E-state index >= 15 is 0 Å². The van der Waals surface area contributed by atoms with Crippen LogP contribution in [0.5, 0.6) is 5.75 Å². The number of guanidine groups is 1. The summed E-state index contributed by atoms with van der Waals surface area (Å²) in [6, 6.07) is 4.32. The van der Waals surface area contributed by atoms with Crippen LogP contribution in [0.1, 0.15) is 35.2 Å². The largest absolute Gasteiger partial charge is 0.508 e.